The predicted molar refractivity (Wildman–Crippen MR) is 92.0 cm³/mol. The molecule has 5 heteroatoms. The topological polar surface area (TPSA) is 59.0 Å². The molecule has 128 valence electrons. The second-order valence-corrected chi connectivity index (χ2v) is 7.67. The van der Waals surface area contributed by atoms with Crippen LogP contribution in [-0.2, 0) is 21.5 Å². The molecule has 3 rings (SSSR count). The first-order chi connectivity index (χ1) is 11.3. The smallest absolute Gasteiger partial charge is 0.414 e. The fourth-order valence-corrected chi connectivity index (χ4v) is 3.71. The van der Waals surface area contributed by atoms with Gasteiger partial charge in [0.05, 0.1) is 11.2 Å². The van der Waals surface area contributed by atoms with E-state index in [0.29, 0.717) is 6.54 Å². The summed E-state index contributed by atoms with van der Waals surface area (Å²) in [4.78, 5) is 29.1. The van der Waals surface area contributed by atoms with Crippen LogP contribution in [0.5, 0.6) is 0 Å². The van der Waals surface area contributed by atoms with E-state index in [4.69, 9.17) is 4.74 Å². The van der Waals surface area contributed by atoms with Gasteiger partial charge in [-0.15, -0.1) is 0 Å². The number of ether oxygens (including phenoxy) is 1. The van der Waals surface area contributed by atoms with Crippen molar-refractivity contribution >= 4 is 17.9 Å². The fourth-order valence-electron chi connectivity index (χ4n) is 3.71. The van der Waals surface area contributed by atoms with Crippen molar-refractivity contribution in [1.29, 1.82) is 0 Å². The van der Waals surface area contributed by atoms with Gasteiger partial charge >= 0.3 is 6.09 Å². The molecule has 1 heterocycles. The van der Waals surface area contributed by atoms with Gasteiger partial charge in [0, 0.05) is 6.54 Å². The van der Waals surface area contributed by atoms with Gasteiger partial charge in [-0.3, -0.25) is 4.90 Å². The van der Waals surface area contributed by atoms with Crippen LogP contribution in [-0.4, -0.2) is 24.3 Å². The number of nitrogens with zero attached hydrogens (tertiary/aromatic N) is 2. The van der Waals surface area contributed by atoms with E-state index < -0.39 is 11.1 Å². The summed E-state index contributed by atoms with van der Waals surface area (Å²) in [7, 11) is 0. The lowest BCUT2D eigenvalue weighted by atomic mass is 9.87. The SMILES string of the molecule is CC(C)(C)OC(=O)N1CCc2cc(C3(N=C=O)CCCC3)ccc21. The van der Waals surface area contributed by atoms with E-state index in [2.05, 4.69) is 11.1 Å². The van der Waals surface area contributed by atoms with Gasteiger partial charge in [-0.25, -0.2) is 9.59 Å². The van der Waals surface area contributed by atoms with E-state index in [1.165, 1.54) is 0 Å². The maximum absolute atomic E-state index is 12.4. The van der Waals surface area contributed by atoms with Gasteiger partial charge in [-0.1, -0.05) is 25.0 Å². The second kappa shape index (κ2) is 6.06. The van der Waals surface area contributed by atoms with Crippen molar-refractivity contribution in [3.05, 3.63) is 29.3 Å². The maximum Gasteiger partial charge on any atom is 0.414 e. The van der Waals surface area contributed by atoms with Crippen LogP contribution in [0.4, 0.5) is 10.5 Å². The molecule has 1 saturated carbocycles. The summed E-state index contributed by atoms with van der Waals surface area (Å²) in [6, 6.07) is 6.06. The van der Waals surface area contributed by atoms with Crippen LogP contribution >= 0.6 is 0 Å². The van der Waals surface area contributed by atoms with Crippen LogP contribution in [0.15, 0.2) is 23.2 Å². The molecule has 0 aromatic heterocycles. The number of anilines is 1. The zero-order valence-corrected chi connectivity index (χ0v) is 14.6. The number of carbonyl (C=O) groups excluding carboxylic acids is 2. The Hall–Kier alpha value is -2.13. The van der Waals surface area contributed by atoms with E-state index in [0.717, 1.165) is 48.9 Å². The van der Waals surface area contributed by atoms with Crippen molar-refractivity contribution in [3.63, 3.8) is 0 Å². The molecule has 0 spiro atoms. The molecule has 0 N–H and O–H groups in total. The molecule has 0 saturated heterocycles. The van der Waals surface area contributed by atoms with E-state index in [-0.39, 0.29) is 6.09 Å². The number of hydrogen-bond donors (Lipinski definition) is 0. The van der Waals surface area contributed by atoms with Crippen LogP contribution in [0.3, 0.4) is 0 Å². The number of carbonyl (C=O) groups is 1. The summed E-state index contributed by atoms with van der Waals surface area (Å²) in [5, 5.41) is 0. The molecule has 0 bridgehead atoms. The Morgan fingerprint density at radius 3 is 2.62 bits per heavy atom. The van der Waals surface area contributed by atoms with Crippen LogP contribution in [0.2, 0.25) is 0 Å². The van der Waals surface area contributed by atoms with Crippen LogP contribution < -0.4 is 4.90 Å². The van der Waals surface area contributed by atoms with Gasteiger partial charge in [0.15, 0.2) is 0 Å². The Morgan fingerprint density at radius 2 is 2.00 bits per heavy atom. The Labute approximate surface area is 142 Å². The highest BCUT2D eigenvalue weighted by atomic mass is 16.6. The first-order valence-electron chi connectivity index (χ1n) is 8.58. The zero-order valence-electron chi connectivity index (χ0n) is 14.6. The van der Waals surface area contributed by atoms with E-state index >= 15 is 0 Å². The minimum atomic E-state index is -0.508. The molecule has 1 amide bonds. The number of aliphatic imine (C=N–C) groups is 1. The van der Waals surface area contributed by atoms with Crippen LogP contribution in [0.1, 0.15) is 57.6 Å². The average Bonchev–Trinajstić information content (AvgIpc) is 3.12. The third kappa shape index (κ3) is 3.09. The highest BCUT2D eigenvalue weighted by molar-refractivity contribution is 5.90. The molecule has 1 aliphatic heterocycles. The third-order valence-electron chi connectivity index (χ3n) is 4.82. The molecule has 1 aliphatic carbocycles. The molecule has 0 unspecified atom stereocenters. The van der Waals surface area contributed by atoms with Crippen molar-refractivity contribution in [1.82, 2.24) is 0 Å². The van der Waals surface area contributed by atoms with E-state index in [1.807, 2.05) is 32.9 Å². The number of benzene rings is 1. The van der Waals surface area contributed by atoms with Crippen LogP contribution in [0, 0.1) is 0 Å². The van der Waals surface area contributed by atoms with Gasteiger partial charge in [0.25, 0.3) is 0 Å². The average molecular weight is 328 g/mol. The highest BCUT2D eigenvalue weighted by Crippen LogP contribution is 2.44. The summed E-state index contributed by atoms with van der Waals surface area (Å²) in [5.74, 6) is 0. The first kappa shape index (κ1) is 16.7. The van der Waals surface area contributed by atoms with Gasteiger partial charge < -0.3 is 4.74 Å². The Bertz CT molecular complexity index is 693. The molecule has 1 aromatic rings. The molecule has 0 radical (unpaired) electrons. The van der Waals surface area contributed by atoms with Gasteiger partial charge in [0.2, 0.25) is 6.08 Å². The number of rotatable bonds is 2. The molecule has 2 aliphatic rings. The van der Waals surface area contributed by atoms with Gasteiger partial charge in [0.1, 0.15) is 5.60 Å². The minimum Gasteiger partial charge on any atom is -0.443 e. The van der Waals surface area contributed by atoms with Crippen LogP contribution in [0.25, 0.3) is 0 Å². The fraction of sp³-hybridized carbons (Fsp3) is 0.579. The van der Waals surface area contributed by atoms with Crippen molar-refractivity contribution in [2.45, 2.75) is 64.0 Å². The normalized spacial score (nSPS) is 18.9. The number of isocyanates is 1. The summed E-state index contributed by atoms with van der Waals surface area (Å²) in [6.07, 6.45) is 6.17. The third-order valence-corrected chi connectivity index (χ3v) is 4.82. The molecule has 0 atom stereocenters. The lowest BCUT2D eigenvalue weighted by Gasteiger charge is -2.26. The van der Waals surface area contributed by atoms with Crippen molar-refractivity contribution < 1.29 is 14.3 Å². The lowest BCUT2D eigenvalue weighted by molar-refractivity contribution is 0.0584. The summed E-state index contributed by atoms with van der Waals surface area (Å²) in [6.45, 7) is 6.22. The standard InChI is InChI=1S/C19H24N2O3/c1-18(2,3)24-17(23)21-11-8-14-12-15(6-7-16(14)21)19(20-13-22)9-4-5-10-19/h6-7,12H,4-5,8-11H2,1-3H3. The molecule has 1 aromatic carbocycles. The number of fused-ring (bicyclic) bond motifs is 1. The first-order valence-corrected chi connectivity index (χ1v) is 8.58. The molecule has 1 fully saturated rings. The summed E-state index contributed by atoms with van der Waals surface area (Å²) >= 11 is 0. The number of hydrogen-bond acceptors (Lipinski definition) is 4. The molecular formula is C19H24N2O3. The second-order valence-electron chi connectivity index (χ2n) is 7.67. The molecular weight excluding hydrogens is 304 g/mol. The Morgan fingerprint density at radius 1 is 1.29 bits per heavy atom. The van der Waals surface area contributed by atoms with Gasteiger partial charge in [-0.2, -0.15) is 4.99 Å². The van der Waals surface area contributed by atoms with Gasteiger partial charge in [-0.05, 0) is 57.2 Å². The van der Waals surface area contributed by atoms with E-state index in [9.17, 15) is 9.59 Å². The predicted octanol–water partition coefficient (Wildman–Crippen LogP) is 4.09. The van der Waals surface area contributed by atoms with Crippen molar-refractivity contribution in [3.8, 4) is 0 Å². The largest absolute Gasteiger partial charge is 0.443 e. The van der Waals surface area contributed by atoms with Crippen molar-refractivity contribution in [2.24, 2.45) is 4.99 Å². The highest BCUT2D eigenvalue weighted by Gasteiger charge is 2.37. The van der Waals surface area contributed by atoms with E-state index in [1.54, 1.807) is 11.0 Å². The Balaban J connectivity index is 1.88. The Kier molecular flexibility index (Phi) is 4.22. The molecule has 24 heavy (non-hydrogen) atoms. The van der Waals surface area contributed by atoms with Crippen molar-refractivity contribution in [2.75, 3.05) is 11.4 Å². The monoisotopic (exact) mass is 328 g/mol. The minimum absolute atomic E-state index is 0.310. The lowest BCUT2D eigenvalue weighted by Crippen LogP contribution is -2.35. The molecule has 5 nitrogen and oxygen atoms in total. The zero-order chi connectivity index (χ0) is 17.4. The quantitative estimate of drug-likeness (QED) is 0.607. The summed E-state index contributed by atoms with van der Waals surface area (Å²) < 4.78 is 5.48. The summed E-state index contributed by atoms with van der Waals surface area (Å²) in [5.41, 5.74) is 2.15. The maximum atomic E-state index is 12.4. The number of amides is 1.